The van der Waals surface area contributed by atoms with Crippen LogP contribution in [-0.2, 0) is 0 Å². The highest BCUT2D eigenvalue weighted by molar-refractivity contribution is 5.44. The average Bonchev–Trinajstić information content (AvgIpc) is 2.16. The number of hydrogen-bond donors (Lipinski definition) is 3. The van der Waals surface area contributed by atoms with E-state index in [0.717, 1.165) is 0 Å². The summed E-state index contributed by atoms with van der Waals surface area (Å²) >= 11 is 0. The van der Waals surface area contributed by atoms with E-state index in [1.165, 1.54) is 12.1 Å². The molecule has 0 unspecified atom stereocenters. The Hall–Kier alpha value is -1.57. The molecule has 0 aliphatic heterocycles. The van der Waals surface area contributed by atoms with Gasteiger partial charge in [-0.15, -0.1) is 0 Å². The highest BCUT2D eigenvalue weighted by Gasteiger charge is 2.15. The lowest BCUT2D eigenvalue weighted by atomic mass is 9.98. The molecule has 4 heteroatoms. The molecular weight excluding hydrogens is 180 g/mol. The summed E-state index contributed by atoms with van der Waals surface area (Å²) in [5.41, 5.74) is 6.51. The molecule has 0 spiro atoms. The number of nitriles is 1. The Bertz CT molecular complexity index is 369. The number of hydrogen-bond acceptors (Lipinski definition) is 4. The molecule has 1 rings (SSSR count). The van der Waals surface area contributed by atoms with Crippen LogP contribution in [0, 0.1) is 11.3 Å². The van der Waals surface area contributed by atoms with Gasteiger partial charge >= 0.3 is 0 Å². The molecule has 0 aliphatic carbocycles. The van der Waals surface area contributed by atoms with E-state index in [9.17, 15) is 5.11 Å². The molecule has 0 saturated carbocycles. The molecule has 0 aromatic heterocycles. The molecule has 0 saturated heterocycles. The number of nitrogens with zero attached hydrogens (tertiary/aromatic N) is 1. The van der Waals surface area contributed by atoms with Gasteiger partial charge in [0.2, 0.25) is 0 Å². The van der Waals surface area contributed by atoms with Crippen LogP contribution < -0.4 is 5.73 Å². The third kappa shape index (κ3) is 2.02. The van der Waals surface area contributed by atoms with Crippen molar-refractivity contribution in [2.75, 3.05) is 0 Å². The predicted octanol–water partition coefficient (Wildman–Crippen LogP) is 0.644. The number of nitrogens with two attached hydrogens (primary N) is 1. The molecule has 4 nitrogen and oxygen atoms in total. The lowest BCUT2D eigenvalue weighted by molar-refractivity contribution is 0.164. The van der Waals surface area contributed by atoms with Crippen molar-refractivity contribution in [1.29, 1.82) is 5.26 Å². The molecule has 0 amide bonds. The molecule has 1 aromatic rings. The van der Waals surface area contributed by atoms with Gasteiger partial charge in [0, 0.05) is 0 Å². The number of benzene rings is 1. The second-order valence-corrected chi connectivity index (χ2v) is 3.15. The van der Waals surface area contributed by atoms with Crippen LogP contribution in [0.3, 0.4) is 0 Å². The van der Waals surface area contributed by atoms with Gasteiger partial charge in [-0.25, -0.2) is 0 Å². The third-order valence-corrected chi connectivity index (χ3v) is 2.04. The van der Waals surface area contributed by atoms with Gasteiger partial charge in [0.1, 0.15) is 5.75 Å². The Morgan fingerprint density at radius 2 is 2.14 bits per heavy atom. The highest BCUT2D eigenvalue weighted by atomic mass is 16.3. The van der Waals surface area contributed by atoms with Crippen molar-refractivity contribution in [1.82, 2.24) is 0 Å². The lowest BCUT2D eigenvalue weighted by Gasteiger charge is -2.16. The van der Waals surface area contributed by atoms with Crippen LogP contribution in [0.25, 0.3) is 0 Å². The quantitative estimate of drug-likeness (QED) is 0.641. The highest BCUT2D eigenvalue weighted by Crippen LogP contribution is 2.22. The minimum absolute atomic E-state index is 0.0168. The first kappa shape index (κ1) is 10.5. The monoisotopic (exact) mass is 192 g/mol. The predicted molar refractivity (Wildman–Crippen MR) is 51.4 cm³/mol. The van der Waals surface area contributed by atoms with E-state index in [-0.39, 0.29) is 5.75 Å². The van der Waals surface area contributed by atoms with Crippen molar-refractivity contribution in [2.24, 2.45) is 5.73 Å². The molecule has 74 valence electrons. The van der Waals surface area contributed by atoms with Gasteiger partial charge in [-0.1, -0.05) is 6.07 Å². The summed E-state index contributed by atoms with van der Waals surface area (Å²) < 4.78 is 0. The fourth-order valence-electron chi connectivity index (χ4n) is 1.19. The van der Waals surface area contributed by atoms with E-state index in [1.54, 1.807) is 13.0 Å². The third-order valence-electron chi connectivity index (χ3n) is 2.04. The van der Waals surface area contributed by atoms with Crippen molar-refractivity contribution in [2.45, 2.75) is 19.1 Å². The minimum atomic E-state index is -0.730. The van der Waals surface area contributed by atoms with Gasteiger partial charge in [-0.2, -0.15) is 5.26 Å². The molecule has 0 heterocycles. The Morgan fingerprint density at radius 1 is 1.50 bits per heavy atom. The summed E-state index contributed by atoms with van der Waals surface area (Å²) in [5, 5.41) is 27.2. The Kier molecular flexibility index (Phi) is 3.07. The van der Waals surface area contributed by atoms with Crippen LogP contribution in [-0.4, -0.2) is 16.3 Å². The maximum Gasteiger partial charge on any atom is 0.116 e. The molecule has 14 heavy (non-hydrogen) atoms. The zero-order valence-corrected chi connectivity index (χ0v) is 7.81. The van der Waals surface area contributed by atoms with Crippen LogP contribution in [0.2, 0.25) is 0 Å². The number of aromatic hydroxyl groups is 1. The van der Waals surface area contributed by atoms with E-state index in [0.29, 0.717) is 11.1 Å². The van der Waals surface area contributed by atoms with Crippen molar-refractivity contribution in [3.8, 4) is 11.8 Å². The zero-order chi connectivity index (χ0) is 10.7. The van der Waals surface area contributed by atoms with Gasteiger partial charge in [-0.3, -0.25) is 0 Å². The molecule has 0 bridgehead atoms. The average molecular weight is 192 g/mol. The topological polar surface area (TPSA) is 90.3 Å². The first-order valence-corrected chi connectivity index (χ1v) is 4.23. The normalized spacial score (nSPS) is 14.4. The van der Waals surface area contributed by atoms with Crippen molar-refractivity contribution in [3.63, 3.8) is 0 Å². The van der Waals surface area contributed by atoms with Crippen molar-refractivity contribution < 1.29 is 10.2 Å². The maximum atomic E-state index is 9.27. The number of phenols is 1. The summed E-state index contributed by atoms with van der Waals surface area (Å²) in [5.74, 6) is 0.0168. The maximum absolute atomic E-state index is 9.27. The SMILES string of the molecule is C[C@@H](O)[C@@H](N)c1ccc(O)cc1C#N. The minimum Gasteiger partial charge on any atom is -0.508 e. The molecule has 0 aliphatic rings. The molecule has 2 atom stereocenters. The second kappa shape index (κ2) is 4.09. The largest absolute Gasteiger partial charge is 0.508 e. The zero-order valence-electron chi connectivity index (χ0n) is 7.81. The molecule has 1 aromatic carbocycles. The van der Waals surface area contributed by atoms with Crippen LogP contribution >= 0.6 is 0 Å². The number of aliphatic hydroxyl groups excluding tert-OH is 1. The number of rotatable bonds is 2. The lowest BCUT2D eigenvalue weighted by Crippen LogP contribution is -2.24. The van der Waals surface area contributed by atoms with Gasteiger partial charge < -0.3 is 15.9 Å². The van der Waals surface area contributed by atoms with Gasteiger partial charge in [0.15, 0.2) is 0 Å². The van der Waals surface area contributed by atoms with E-state index in [2.05, 4.69) is 0 Å². The molecule has 0 radical (unpaired) electrons. The summed E-state index contributed by atoms with van der Waals surface area (Å²) in [6, 6.07) is 5.64. The summed E-state index contributed by atoms with van der Waals surface area (Å²) in [6.07, 6.45) is -0.730. The van der Waals surface area contributed by atoms with Crippen molar-refractivity contribution in [3.05, 3.63) is 29.3 Å². The van der Waals surface area contributed by atoms with Crippen LogP contribution in [0.15, 0.2) is 18.2 Å². The van der Waals surface area contributed by atoms with Crippen molar-refractivity contribution >= 4 is 0 Å². The summed E-state index contributed by atoms with van der Waals surface area (Å²) in [4.78, 5) is 0. The summed E-state index contributed by atoms with van der Waals surface area (Å²) in [7, 11) is 0. The first-order valence-electron chi connectivity index (χ1n) is 4.23. The van der Waals surface area contributed by atoms with E-state index < -0.39 is 12.1 Å². The van der Waals surface area contributed by atoms with E-state index in [4.69, 9.17) is 16.1 Å². The molecule has 4 N–H and O–H groups in total. The Labute approximate surface area is 82.2 Å². The van der Waals surface area contributed by atoms with Crippen LogP contribution in [0.4, 0.5) is 0 Å². The number of phenolic OH excluding ortho intramolecular Hbond substituents is 1. The smallest absolute Gasteiger partial charge is 0.116 e. The first-order chi connectivity index (χ1) is 6.56. The molecule has 0 fully saturated rings. The fraction of sp³-hybridized carbons (Fsp3) is 0.300. The van der Waals surface area contributed by atoms with Gasteiger partial charge in [0.25, 0.3) is 0 Å². The molecular formula is C10H12N2O2. The second-order valence-electron chi connectivity index (χ2n) is 3.15. The standard InChI is InChI=1S/C10H12N2O2/c1-6(13)10(12)9-3-2-8(14)4-7(9)5-11/h2-4,6,10,13-14H,12H2,1H3/t6-,10-/m1/s1. The Morgan fingerprint density at radius 3 is 2.64 bits per heavy atom. The van der Waals surface area contributed by atoms with Gasteiger partial charge in [0.05, 0.1) is 23.8 Å². The van der Waals surface area contributed by atoms with Gasteiger partial charge in [-0.05, 0) is 24.6 Å². The summed E-state index contributed by atoms with van der Waals surface area (Å²) in [6.45, 7) is 1.55. The van der Waals surface area contributed by atoms with E-state index in [1.807, 2.05) is 6.07 Å². The van der Waals surface area contributed by atoms with Crippen LogP contribution in [0.1, 0.15) is 24.1 Å². The number of aliphatic hydroxyl groups is 1. The van der Waals surface area contributed by atoms with Crippen LogP contribution in [0.5, 0.6) is 5.75 Å². The fourth-order valence-corrected chi connectivity index (χ4v) is 1.19. The Balaban J connectivity index is 3.16. The van der Waals surface area contributed by atoms with E-state index >= 15 is 0 Å².